The zero-order valence-corrected chi connectivity index (χ0v) is 8.68. The van der Waals surface area contributed by atoms with Crippen LogP contribution in [0.3, 0.4) is 0 Å². The second-order valence-electron chi connectivity index (χ2n) is 2.59. The van der Waals surface area contributed by atoms with E-state index in [0.29, 0.717) is 0 Å². The van der Waals surface area contributed by atoms with Gasteiger partial charge >= 0.3 is 0 Å². The highest BCUT2D eigenvalue weighted by molar-refractivity contribution is 9.10. The minimum Gasteiger partial charge on any atom is -0.496 e. The Labute approximate surface area is 80.3 Å². The van der Waals surface area contributed by atoms with Crippen LogP contribution in [-0.4, -0.2) is 12.2 Å². The third-order valence-electron chi connectivity index (χ3n) is 1.68. The molecule has 0 saturated carbocycles. The average molecular weight is 231 g/mol. The lowest BCUT2D eigenvalue weighted by Gasteiger charge is -2.07. The second-order valence-corrected chi connectivity index (χ2v) is 3.38. The molecule has 1 rings (SSSR count). The minimum absolute atomic E-state index is 0.0461. The van der Waals surface area contributed by atoms with Gasteiger partial charge in [-0.25, -0.2) is 0 Å². The molecule has 0 radical (unpaired) electrons. The van der Waals surface area contributed by atoms with Gasteiger partial charge in [-0.2, -0.15) is 0 Å². The summed E-state index contributed by atoms with van der Waals surface area (Å²) in [6.07, 6.45) is 0. The second kappa shape index (κ2) is 3.92. The number of hydrogen-bond donors (Lipinski definition) is 1. The molecule has 0 spiro atoms. The van der Waals surface area contributed by atoms with Gasteiger partial charge in [0.2, 0.25) is 0 Å². The first kappa shape index (κ1) is 9.55. The van der Waals surface area contributed by atoms with Crippen LogP contribution in [0, 0.1) is 6.92 Å². The molecule has 0 aromatic heterocycles. The summed E-state index contributed by atoms with van der Waals surface area (Å²) in [5.74, 6) is 0.763. The molecule has 1 N–H and O–H groups in total. The van der Waals surface area contributed by atoms with E-state index in [9.17, 15) is 0 Å². The molecule has 0 amide bonds. The van der Waals surface area contributed by atoms with Crippen molar-refractivity contribution in [3.63, 3.8) is 0 Å². The maximum Gasteiger partial charge on any atom is 0.133 e. The fraction of sp³-hybridized carbons (Fsp3) is 0.333. The lowest BCUT2D eigenvalue weighted by Crippen LogP contribution is -1.91. The molecule has 0 heterocycles. The number of ether oxygens (including phenoxy) is 1. The lowest BCUT2D eigenvalue weighted by molar-refractivity contribution is 0.281. The summed E-state index contributed by atoms with van der Waals surface area (Å²) in [6, 6.07) is 3.74. The quantitative estimate of drug-likeness (QED) is 0.845. The van der Waals surface area contributed by atoms with E-state index in [4.69, 9.17) is 9.84 Å². The minimum atomic E-state index is 0.0461. The van der Waals surface area contributed by atoms with Crippen molar-refractivity contribution in [2.24, 2.45) is 0 Å². The van der Waals surface area contributed by atoms with Crippen molar-refractivity contribution in [3.8, 4) is 5.75 Å². The molecule has 0 bridgehead atoms. The number of aryl methyl sites for hydroxylation is 1. The fourth-order valence-electron chi connectivity index (χ4n) is 1.05. The monoisotopic (exact) mass is 230 g/mol. The van der Waals surface area contributed by atoms with Gasteiger partial charge in [0.05, 0.1) is 18.2 Å². The maximum absolute atomic E-state index is 8.90. The van der Waals surface area contributed by atoms with Crippen molar-refractivity contribution in [1.82, 2.24) is 0 Å². The summed E-state index contributed by atoms with van der Waals surface area (Å²) < 4.78 is 6.06. The predicted molar refractivity (Wildman–Crippen MR) is 51.4 cm³/mol. The van der Waals surface area contributed by atoms with Crippen molar-refractivity contribution < 1.29 is 9.84 Å². The number of methoxy groups -OCH3 is 1. The van der Waals surface area contributed by atoms with Gasteiger partial charge in [0.15, 0.2) is 0 Å². The van der Waals surface area contributed by atoms with Crippen molar-refractivity contribution in [1.29, 1.82) is 0 Å². The van der Waals surface area contributed by atoms with Crippen molar-refractivity contribution in [2.75, 3.05) is 7.11 Å². The Morgan fingerprint density at radius 3 is 2.67 bits per heavy atom. The van der Waals surface area contributed by atoms with E-state index in [0.717, 1.165) is 21.3 Å². The van der Waals surface area contributed by atoms with Crippen LogP contribution in [0.5, 0.6) is 5.75 Å². The number of rotatable bonds is 2. The highest BCUT2D eigenvalue weighted by Gasteiger charge is 2.04. The summed E-state index contributed by atoms with van der Waals surface area (Å²) >= 11 is 3.40. The van der Waals surface area contributed by atoms with Crippen LogP contribution in [0.15, 0.2) is 16.6 Å². The molecule has 0 saturated heterocycles. The SMILES string of the molecule is COc1cc(CO)cc(C)c1Br. The van der Waals surface area contributed by atoms with E-state index in [1.54, 1.807) is 7.11 Å². The summed E-state index contributed by atoms with van der Waals surface area (Å²) in [6.45, 7) is 2.01. The Balaban J connectivity index is 3.19. The van der Waals surface area contributed by atoms with E-state index in [1.807, 2.05) is 19.1 Å². The standard InChI is InChI=1S/C9H11BrO2/c1-6-3-7(5-11)4-8(12-2)9(6)10/h3-4,11H,5H2,1-2H3. The van der Waals surface area contributed by atoms with Gasteiger partial charge in [0.1, 0.15) is 5.75 Å². The normalized spacial score (nSPS) is 10.0. The number of benzene rings is 1. The number of aliphatic hydroxyl groups excluding tert-OH is 1. The Morgan fingerprint density at radius 2 is 2.17 bits per heavy atom. The lowest BCUT2D eigenvalue weighted by atomic mass is 10.1. The average Bonchev–Trinajstić information content (AvgIpc) is 2.09. The molecule has 0 fully saturated rings. The number of hydrogen-bond acceptors (Lipinski definition) is 2. The van der Waals surface area contributed by atoms with Crippen LogP contribution < -0.4 is 4.74 Å². The maximum atomic E-state index is 8.90. The molecular formula is C9H11BrO2. The van der Waals surface area contributed by atoms with Crippen LogP contribution in [0.2, 0.25) is 0 Å². The number of halogens is 1. The molecule has 2 nitrogen and oxygen atoms in total. The zero-order chi connectivity index (χ0) is 9.14. The van der Waals surface area contributed by atoms with E-state index in [2.05, 4.69) is 15.9 Å². The first-order valence-electron chi connectivity index (χ1n) is 3.63. The van der Waals surface area contributed by atoms with Gasteiger partial charge < -0.3 is 9.84 Å². The molecule has 0 atom stereocenters. The third kappa shape index (κ3) is 1.79. The van der Waals surface area contributed by atoms with E-state index < -0.39 is 0 Å². The van der Waals surface area contributed by atoms with Gasteiger partial charge in [-0.1, -0.05) is 6.07 Å². The highest BCUT2D eigenvalue weighted by atomic mass is 79.9. The summed E-state index contributed by atoms with van der Waals surface area (Å²) in [7, 11) is 1.61. The Hall–Kier alpha value is -0.540. The van der Waals surface area contributed by atoms with Gasteiger partial charge in [-0.3, -0.25) is 0 Å². The molecule has 0 aliphatic rings. The van der Waals surface area contributed by atoms with E-state index in [-0.39, 0.29) is 6.61 Å². The van der Waals surface area contributed by atoms with Crippen LogP contribution in [0.1, 0.15) is 11.1 Å². The van der Waals surface area contributed by atoms with Crippen LogP contribution >= 0.6 is 15.9 Å². The van der Waals surface area contributed by atoms with Crippen LogP contribution in [0.4, 0.5) is 0 Å². The van der Waals surface area contributed by atoms with Crippen LogP contribution in [0.25, 0.3) is 0 Å². The molecule has 12 heavy (non-hydrogen) atoms. The first-order chi connectivity index (χ1) is 5.69. The predicted octanol–water partition coefficient (Wildman–Crippen LogP) is 2.26. The Kier molecular flexibility index (Phi) is 3.12. The fourth-order valence-corrected chi connectivity index (χ4v) is 1.44. The molecular weight excluding hydrogens is 220 g/mol. The van der Waals surface area contributed by atoms with E-state index >= 15 is 0 Å². The van der Waals surface area contributed by atoms with Crippen molar-refractivity contribution in [2.45, 2.75) is 13.5 Å². The first-order valence-corrected chi connectivity index (χ1v) is 4.42. The molecule has 0 aliphatic carbocycles. The van der Waals surface area contributed by atoms with Crippen LogP contribution in [-0.2, 0) is 6.61 Å². The van der Waals surface area contributed by atoms with Gasteiger partial charge in [0, 0.05) is 0 Å². The molecule has 1 aromatic rings. The summed E-state index contributed by atoms with van der Waals surface area (Å²) in [5, 5.41) is 8.90. The highest BCUT2D eigenvalue weighted by Crippen LogP contribution is 2.29. The largest absolute Gasteiger partial charge is 0.496 e. The Bertz CT molecular complexity index is 284. The summed E-state index contributed by atoms with van der Waals surface area (Å²) in [4.78, 5) is 0. The van der Waals surface area contributed by atoms with E-state index in [1.165, 1.54) is 0 Å². The smallest absolute Gasteiger partial charge is 0.133 e. The summed E-state index contributed by atoms with van der Waals surface area (Å²) in [5.41, 5.74) is 1.94. The third-order valence-corrected chi connectivity index (χ3v) is 2.70. The molecule has 66 valence electrons. The van der Waals surface area contributed by atoms with Crippen molar-refractivity contribution in [3.05, 3.63) is 27.7 Å². The van der Waals surface area contributed by atoms with Gasteiger partial charge in [-0.15, -0.1) is 0 Å². The zero-order valence-electron chi connectivity index (χ0n) is 7.10. The molecule has 3 heteroatoms. The van der Waals surface area contributed by atoms with Crippen molar-refractivity contribution >= 4 is 15.9 Å². The topological polar surface area (TPSA) is 29.5 Å². The molecule has 0 unspecified atom stereocenters. The van der Waals surface area contributed by atoms with Gasteiger partial charge in [0.25, 0.3) is 0 Å². The number of aliphatic hydroxyl groups is 1. The molecule has 1 aromatic carbocycles. The Morgan fingerprint density at radius 1 is 1.50 bits per heavy atom. The molecule has 0 aliphatic heterocycles. The van der Waals surface area contributed by atoms with Gasteiger partial charge in [-0.05, 0) is 40.0 Å².